The lowest BCUT2D eigenvalue weighted by atomic mass is 9.99. The average molecular weight is 303 g/mol. The molecule has 1 aromatic heterocycles. The minimum Gasteiger partial charge on any atom is -0.348 e. The maximum Gasteiger partial charge on any atom is 0.272 e. The molecule has 5 nitrogen and oxygen atoms in total. The van der Waals surface area contributed by atoms with E-state index in [0.717, 1.165) is 32.4 Å². The summed E-state index contributed by atoms with van der Waals surface area (Å²) in [5, 5.41) is 2.87. The van der Waals surface area contributed by atoms with Crippen molar-refractivity contribution in [3.63, 3.8) is 0 Å². The van der Waals surface area contributed by atoms with Gasteiger partial charge >= 0.3 is 0 Å². The second-order valence-electron chi connectivity index (χ2n) is 6.17. The van der Waals surface area contributed by atoms with E-state index in [0.29, 0.717) is 17.3 Å². The van der Waals surface area contributed by atoms with Crippen molar-refractivity contribution >= 4 is 11.8 Å². The van der Waals surface area contributed by atoms with Gasteiger partial charge in [0.1, 0.15) is 11.4 Å². The maximum absolute atomic E-state index is 12.5. The Morgan fingerprint density at radius 2 is 1.95 bits per heavy atom. The standard InChI is InChI=1S/C17H25N3O2/c1-4-13(3)18-16(21)14-6-5-7-15(19-14)17(22)20-10-8-12(2)9-11-20/h5-7,12-13H,4,8-11H2,1-3H3,(H,18,21). The second-order valence-corrected chi connectivity index (χ2v) is 6.17. The van der Waals surface area contributed by atoms with Crippen LogP contribution in [-0.4, -0.2) is 40.8 Å². The number of pyridine rings is 1. The number of likely N-dealkylation sites (tertiary alicyclic amines) is 1. The monoisotopic (exact) mass is 303 g/mol. The molecule has 0 saturated carbocycles. The van der Waals surface area contributed by atoms with Gasteiger partial charge in [-0.1, -0.05) is 19.9 Å². The van der Waals surface area contributed by atoms with Crippen LogP contribution in [0.2, 0.25) is 0 Å². The van der Waals surface area contributed by atoms with Crippen molar-refractivity contribution in [3.05, 3.63) is 29.6 Å². The predicted molar refractivity (Wildman–Crippen MR) is 85.8 cm³/mol. The summed E-state index contributed by atoms with van der Waals surface area (Å²) in [6, 6.07) is 5.14. The van der Waals surface area contributed by atoms with Gasteiger partial charge in [0.25, 0.3) is 11.8 Å². The molecule has 0 bridgehead atoms. The average Bonchev–Trinajstić information content (AvgIpc) is 2.54. The SMILES string of the molecule is CCC(C)NC(=O)c1cccc(C(=O)N2CCC(C)CC2)n1. The molecular weight excluding hydrogens is 278 g/mol. The van der Waals surface area contributed by atoms with E-state index in [2.05, 4.69) is 17.2 Å². The first-order valence-corrected chi connectivity index (χ1v) is 8.08. The van der Waals surface area contributed by atoms with Crippen molar-refractivity contribution < 1.29 is 9.59 Å². The predicted octanol–water partition coefficient (Wildman–Crippen LogP) is 2.48. The summed E-state index contributed by atoms with van der Waals surface area (Å²) in [7, 11) is 0. The highest BCUT2D eigenvalue weighted by Crippen LogP contribution is 2.17. The number of piperidine rings is 1. The van der Waals surface area contributed by atoms with E-state index in [1.807, 2.05) is 18.7 Å². The highest BCUT2D eigenvalue weighted by Gasteiger charge is 2.23. The summed E-state index contributed by atoms with van der Waals surface area (Å²) < 4.78 is 0. The smallest absolute Gasteiger partial charge is 0.272 e. The Hall–Kier alpha value is -1.91. The van der Waals surface area contributed by atoms with E-state index in [1.54, 1.807) is 18.2 Å². The summed E-state index contributed by atoms with van der Waals surface area (Å²) in [4.78, 5) is 30.7. The fourth-order valence-corrected chi connectivity index (χ4v) is 2.45. The van der Waals surface area contributed by atoms with Gasteiger partial charge in [-0.15, -0.1) is 0 Å². The summed E-state index contributed by atoms with van der Waals surface area (Å²) >= 11 is 0. The van der Waals surface area contributed by atoms with Crippen molar-refractivity contribution in [3.8, 4) is 0 Å². The third-order valence-corrected chi connectivity index (χ3v) is 4.26. The number of hydrogen-bond donors (Lipinski definition) is 1. The van der Waals surface area contributed by atoms with Gasteiger partial charge in [-0.05, 0) is 44.2 Å². The van der Waals surface area contributed by atoms with Crippen molar-refractivity contribution in [1.29, 1.82) is 0 Å². The first kappa shape index (κ1) is 16.5. The van der Waals surface area contributed by atoms with Gasteiger partial charge in [-0.25, -0.2) is 4.98 Å². The number of nitrogens with one attached hydrogen (secondary N) is 1. The molecular formula is C17H25N3O2. The molecule has 0 spiro atoms. The van der Waals surface area contributed by atoms with Crippen LogP contribution in [0.4, 0.5) is 0 Å². The minimum atomic E-state index is -0.226. The summed E-state index contributed by atoms with van der Waals surface area (Å²) in [6.07, 6.45) is 2.91. The fraction of sp³-hybridized carbons (Fsp3) is 0.588. The van der Waals surface area contributed by atoms with Gasteiger partial charge < -0.3 is 10.2 Å². The molecule has 1 atom stereocenters. The molecule has 1 fully saturated rings. The first-order valence-electron chi connectivity index (χ1n) is 8.08. The maximum atomic E-state index is 12.5. The van der Waals surface area contributed by atoms with E-state index in [4.69, 9.17) is 0 Å². The van der Waals surface area contributed by atoms with E-state index >= 15 is 0 Å². The number of aromatic nitrogens is 1. The van der Waals surface area contributed by atoms with Gasteiger partial charge in [-0.3, -0.25) is 9.59 Å². The minimum absolute atomic E-state index is 0.0786. The normalized spacial score (nSPS) is 17.1. The van der Waals surface area contributed by atoms with Crippen LogP contribution in [0.3, 0.4) is 0 Å². The van der Waals surface area contributed by atoms with Gasteiger partial charge in [0.2, 0.25) is 0 Å². The number of hydrogen-bond acceptors (Lipinski definition) is 3. The van der Waals surface area contributed by atoms with Gasteiger partial charge in [0, 0.05) is 19.1 Å². The van der Waals surface area contributed by atoms with Gasteiger partial charge in [-0.2, -0.15) is 0 Å². The quantitative estimate of drug-likeness (QED) is 0.929. The molecule has 1 aliphatic rings. The fourth-order valence-electron chi connectivity index (χ4n) is 2.45. The molecule has 1 aromatic rings. The van der Waals surface area contributed by atoms with Crippen molar-refractivity contribution in [2.24, 2.45) is 5.92 Å². The third-order valence-electron chi connectivity index (χ3n) is 4.26. The molecule has 1 saturated heterocycles. The highest BCUT2D eigenvalue weighted by molar-refractivity contribution is 5.96. The van der Waals surface area contributed by atoms with E-state index in [1.165, 1.54) is 0 Å². The van der Waals surface area contributed by atoms with Crippen molar-refractivity contribution in [1.82, 2.24) is 15.2 Å². The lowest BCUT2D eigenvalue weighted by molar-refractivity contribution is 0.0691. The molecule has 2 rings (SSSR count). The molecule has 2 heterocycles. The number of nitrogens with zero attached hydrogens (tertiary/aromatic N) is 2. The van der Waals surface area contributed by atoms with Crippen molar-refractivity contribution in [2.45, 2.75) is 46.1 Å². The molecule has 1 N–H and O–H groups in total. The van der Waals surface area contributed by atoms with E-state index in [-0.39, 0.29) is 17.9 Å². The Balaban J connectivity index is 2.07. The van der Waals surface area contributed by atoms with Crippen LogP contribution in [-0.2, 0) is 0 Å². The van der Waals surface area contributed by atoms with Crippen LogP contribution >= 0.6 is 0 Å². The molecule has 0 aliphatic carbocycles. The van der Waals surface area contributed by atoms with Gasteiger partial charge in [0.05, 0.1) is 0 Å². The molecule has 2 amide bonds. The Kier molecular flexibility index (Phi) is 5.52. The zero-order chi connectivity index (χ0) is 16.1. The molecule has 1 unspecified atom stereocenters. The zero-order valence-corrected chi connectivity index (χ0v) is 13.6. The van der Waals surface area contributed by atoms with Crippen LogP contribution in [0.1, 0.15) is 61.0 Å². The Morgan fingerprint density at radius 1 is 1.32 bits per heavy atom. The molecule has 120 valence electrons. The molecule has 5 heteroatoms. The Bertz CT molecular complexity index is 536. The third kappa shape index (κ3) is 4.06. The summed E-state index contributed by atoms with van der Waals surface area (Å²) in [6.45, 7) is 7.70. The topological polar surface area (TPSA) is 62.3 Å². The van der Waals surface area contributed by atoms with E-state index in [9.17, 15) is 9.59 Å². The van der Waals surface area contributed by atoms with E-state index < -0.39 is 0 Å². The molecule has 0 aromatic carbocycles. The Labute approximate surface area is 132 Å². The van der Waals surface area contributed by atoms with Crippen LogP contribution in [0.5, 0.6) is 0 Å². The molecule has 0 radical (unpaired) electrons. The van der Waals surface area contributed by atoms with Crippen LogP contribution in [0.25, 0.3) is 0 Å². The second kappa shape index (κ2) is 7.38. The largest absolute Gasteiger partial charge is 0.348 e. The Morgan fingerprint density at radius 3 is 2.59 bits per heavy atom. The highest BCUT2D eigenvalue weighted by atomic mass is 16.2. The number of carbonyl (C=O) groups is 2. The zero-order valence-electron chi connectivity index (χ0n) is 13.6. The van der Waals surface area contributed by atoms with Gasteiger partial charge in [0.15, 0.2) is 0 Å². The first-order chi connectivity index (χ1) is 10.5. The number of amides is 2. The van der Waals surface area contributed by atoms with Crippen LogP contribution < -0.4 is 5.32 Å². The van der Waals surface area contributed by atoms with Crippen LogP contribution in [0, 0.1) is 5.92 Å². The molecule has 1 aliphatic heterocycles. The summed E-state index contributed by atoms with van der Waals surface area (Å²) in [5.41, 5.74) is 0.655. The van der Waals surface area contributed by atoms with Crippen molar-refractivity contribution in [2.75, 3.05) is 13.1 Å². The number of carbonyl (C=O) groups excluding carboxylic acids is 2. The molecule has 22 heavy (non-hydrogen) atoms. The summed E-state index contributed by atoms with van der Waals surface area (Å²) in [5.74, 6) is 0.367. The lowest BCUT2D eigenvalue weighted by Gasteiger charge is -2.30. The van der Waals surface area contributed by atoms with Crippen LogP contribution in [0.15, 0.2) is 18.2 Å². The number of rotatable bonds is 4. The lowest BCUT2D eigenvalue weighted by Crippen LogP contribution is -2.38.